The zero-order valence-electron chi connectivity index (χ0n) is 15.4. The van der Waals surface area contributed by atoms with Gasteiger partial charge in [0.05, 0.1) is 0 Å². The van der Waals surface area contributed by atoms with Crippen LogP contribution in [0.2, 0.25) is 0 Å². The Morgan fingerprint density at radius 3 is 2.77 bits per heavy atom. The van der Waals surface area contributed by atoms with E-state index in [9.17, 15) is 0 Å². The predicted octanol–water partition coefficient (Wildman–Crippen LogP) is 3.52. The van der Waals surface area contributed by atoms with Crippen molar-refractivity contribution in [2.24, 2.45) is 4.99 Å². The number of hydrogen-bond acceptors (Lipinski definition) is 3. The summed E-state index contributed by atoms with van der Waals surface area (Å²) in [6, 6.07) is 12.9. The van der Waals surface area contributed by atoms with E-state index in [2.05, 4.69) is 62.3 Å². The molecule has 2 aromatic rings. The Morgan fingerprint density at radius 2 is 1.96 bits per heavy atom. The quantitative estimate of drug-likeness (QED) is 0.274. The first-order chi connectivity index (χ1) is 12.3. The number of fused-ring (bicyclic) bond motifs is 1. The highest BCUT2D eigenvalue weighted by Gasteiger charge is 2.16. The van der Waals surface area contributed by atoms with Gasteiger partial charge in [0.2, 0.25) is 0 Å². The number of rotatable bonds is 7. The Bertz CT molecular complexity index is 671. The third-order valence-corrected chi connectivity index (χ3v) is 5.63. The molecular formula is C20H29IN4S. The van der Waals surface area contributed by atoms with Crippen molar-refractivity contribution in [3.63, 3.8) is 0 Å². The number of halogens is 1. The van der Waals surface area contributed by atoms with E-state index in [1.807, 2.05) is 18.4 Å². The average molecular weight is 484 g/mol. The molecule has 1 aliphatic rings. The molecule has 2 heterocycles. The summed E-state index contributed by atoms with van der Waals surface area (Å²) in [5.74, 6) is 0.904. The lowest BCUT2D eigenvalue weighted by Crippen LogP contribution is -2.42. The predicted molar refractivity (Wildman–Crippen MR) is 123 cm³/mol. The van der Waals surface area contributed by atoms with Gasteiger partial charge in [-0.3, -0.25) is 9.89 Å². The minimum absolute atomic E-state index is 0. The van der Waals surface area contributed by atoms with Crippen molar-refractivity contribution >= 4 is 41.3 Å². The highest BCUT2D eigenvalue weighted by molar-refractivity contribution is 14.0. The molecule has 0 amide bonds. The number of thiophene rings is 1. The van der Waals surface area contributed by atoms with Crippen LogP contribution in [0.4, 0.5) is 0 Å². The van der Waals surface area contributed by atoms with Crippen LogP contribution in [0.25, 0.3) is 0 Å². The van der Waals surface area contributed by atoms with Crippen LogP contribution in [-0.4, -0.2) is 44.1 Å². The van der Waals surface area contributed by atoms with E-state index >= 15 is 0 Å². The van der Waals surface area contributed by atoms with Crippen molar-refractivity contribution in [2.75, 3.05) is 33.2 Å². The van der Waals surface area contributed by atoms with Gasteiger partial charge in [0.1, 0.15) is 0 Å². The smallest absolute Gasteiger partial charge is 0.191 e. The molecule has 0 radical (unpaired) electrons. The molecule has 0 fully saturated rings. The maximum atomic E-state index is 4.32. The van der Waals surface area contributed by atoms with Crippen LogP contribution in [0, 0.1) is 0 Å². The van der Waals surface area contributed by atoms with Crippen LogP contribution in [-0.2, 0) is 19.4 Å². The molecule has 6 heteroatoms. The minimum Gasteiger partial charge on any atom is -0.356 e. The molecule has 26 heavy (non-hydrogen) atoms. The standard InChI is InChI=1S/C20H28N4S.HI/c1-21-20(22-11-5-8-17-6-3-2-4-7-17)23-12-14-24-13-9-19-18(16-24)10-15-25-19;/h2-4,6-7,10,15H,5,8-9,11-14,16H2,1H3,(H2,21,22,23);1H. The maximum Gasteiger partial charge on any atom is 0.191 e. The third-order valence-electron chi connectivity index (χ3n) is 4.61. The van der Waals surface area contributed by atoms with Gasteiger partial charge in [0.15, 0.2) is 5.96 Å². The van der Waals surface area contributed by atoms with E-state index in [0.717, 1.165) is 51.5 Å². The zero-order chi connectivity index (χ0) is 17.3. The van der Waals surface area contributed by atoms with Crippen molar-refractivity contribution in [1.82, 2.24) is 15.5 Å². The van der Waals surface area contributed by atoms with Gasteiger partial charge < -0.3 is 10.6 Å². The molecule has 0 saturated heterocycles. The van der Waals surface area contributed by atoms with Gasteiger partial charge in [-0.05, 0) is 41.8 Å². The summed E-state index contributed by atoms with van der Waals surface area (Å²) in [4.78, 5) is 8.41. The van der Waals surface area contributed by atoms with Gasteiger partial charge in [0.25, 0.3) is 0 Å². The van der Waals surface area contributed by atoms with E-state index in [0.29, 0.717) is 0 Å². The van der Waals surface area contributed by atoms with Gasteiger partial charge in [-0.2, -0.15) is 0 Å². The molecule has 142 valence electrons. The summed E-state index contributed by atoms with van der Waals surface area (Å²) >= 11 is 1.90. The van der Waals surface area contributed by atoms with Gasteiger partial charge in [-0.25, -0.2) is 0 Å². The second-order valence-corrected chi connectivity index (χ2v) is 7.41. The summed E-state index contributed by atoms with van der Waals surface area (Å²) < 4.78 is 0. The molecule has 1 aromatic heterocycles. The molecule has 1 aromatic carbocycles. The van der Waals surface area contributed by atoms with Crippen LogP contribution in [0.15, 0.2) is 46.8 Å². The molecular weight excluding hydrogens is 455 g/mol. The Labute approximate surface area is 178 Å². The molecule has 0 aliphatic carbocycles. The Balaban J connectivity index is 0.00000243. The van der Waals surface area contributed by atoms with Crippen LogP contribution < -0.4 is 10.6 Å². The fraction of sp³-hybridized carbons (Fsp3) is 0.450. The van der Waals surface area contributed by atoms with E-state index in [-0.39, 0.29) is 24.0 Å². The summed E-state index contributed by atoms with van der Waals surface area (Å²) in [5.41, 5.74) is 2.91. The van der Waals surface area contributed by atoms with Crippen LogP contribution >= 0.6 is 35.3 Å². The van der Waals surface area contributed by atoms with Crippen molar-refractivity contribution in [3.8, 4) is 0 Å². The van der Waals surface area contributed by atoms with Crippen molar-refractivity contribution < 1.29 is 0 Å². The number of aryl methyl sites for hydroxylation is 1. The monoisotopic (exact) mass is 484 g/mol. The van der Waals surface area contributed by atoms with Gasteiger partial charge in [-0.15, -0.1) is 35.3 Å². The summed E-state index contributed by atoms with van der Waals surface area (Å²) in [6.07, 6.45) is 3.40. The molecule has 1 aliphatic heterocycles. The van der Waals surface area contributed by atoms with E-state index in [1.54, 1.807) is 4.88 Å². The average Bonchev–Trinajstić information content (AvgIpc) is 3.12. The lowest BCUT2D eigenvalue weighted by Gasteiger charge is -2.27. The Morgan fingerprint density at radius 1 is 1.15 bits per heavy atom. The number of benzene rings is 1. The number of nitrogens with zero attached hydrogens (tertiary/aromatic N) is 2. The highest BCUT2D eigenvalue weighted by Crippen LogP contribution is 2.23. The Kier molecular flexibility index (Phi) is 9.42. The Hall–Kier alpha value is -1.12. The molecule has 2 N–H and O–H groups in total. The normalized spacial score (nSPS) is 14.4. The van der Waals surface area contributed by atoms with Crippen LogP contribution in [0.5, 0.6) is 0 Å². The lowest BCUT2D eigenvalue weighted by atomic mass is 10.1. The van der Waals surface area contributed by atoms with Gasteiger partial charge >= 0.3 is 0 Å². The van der Waals surface area contributed by atoms with E-state index in [1.165, 1.54) is 17.5 Å². The second kappa shape index (κ2) is 11.6. The molecule has 0 saturated carbocycles. The largest absolute Gasteiger partial charge is 0.356 e. The minimum atomic E-state index is 0. The first kappa shape index (κ1) is 21.2. The molecule has 0 unspecified atom stereocenters. The topological polar surface area (TPSA) is 39.7 Å². The first-order valence-electron chi connectivity index (χ1n) is 9.11. The van der Waals surface area contributed by atoms with Crippen molar-refractivity contribution in [2.45, 2.75) is 25.8 Å². The second-order valence-electron chi connectivity index (χ2n) is 6.41. The highest BCUT2D eigenvalue weighted by atomic mass is 127. The first-order valence-corrected chi connectivity index (χ1v) is 9.99. The molecule has 0 spiro atoms. The maximum absolute atomic E-state index is 4.32. The van der Waals surface area contributed by atoms with Crippen LogP contribution in [0.1, 0.15) is 22.4 Å². The number of hydrogen-bond donors (Lipinski definition) is 2. The van der Waals surface area contributed by atoms with E-state index in [4.69, 9.17) is 0 Å². The lowest BCUT2D eigenvalue weighted by molar-refractivity contribution is 0.260. The van der Waals surface area contributed by atoms with Crippen molar-refractivity contribution in [1.29, 1.82) is 0 Å². The summed E-state index contributed by atoms with van der Waals surface area (Å²) in [7, 11) is 1.84. The molecule has 0 bridgehead atoms. The summed E-state index contributed by atoms with van der Waals surface area (Å²) in [6.45, 7) is 5.18. The zero-order valence-corrected chi connectivity index (χ0v) is 18.6. The van der Waals surface area contributed by atoms with Gasteiger partial charge in [0, 0.05) is 44.6 Å². The number of nitrogens with one attached hydrogen (secondary N) is 2. The summed E-state index contributed by atoms with van der Waals surface area (Å²) in [5, 5.41) is 9.06. The third kappa shape index (κ3) is 6.55. The van der Waals surface area contributed by atoms with E-state index < -0.39 is 0 Å². The molecule has 3 rings (SSSR count). The molecule has 0 atom stereocenters. The van der Waals surface area contributed by atoms with Crippen molar-refractivity contribution in [3.05, 3.63) is 57.8 Å². The SMILES string of the molecule is CN=C(NCCCc1ccccc1)NCCN1CCc2sccc2C1.I. The molecule has 4 nitrogen and oxygen atoms in total. The van der Waals surface area contributed by atoms with Gasteiger partial charge in [-0.1, -0.05) is 30.3 Å². The number of guanidine groups is 1. The fourth-order valence-electron chi connectivity index (χ4n) is 3.19. The fourth-order valence-corrected chi connectivity index (χ4v) is 4.08. The number of aliphatic imine (C=N–C) groups is 1. The van der Waals surface area contributed by atoms with Crippen LogP contribution in [0.3, 0.4) is 0 Å².